The Balaban J connectivity index is 1.98. The molecule has 0 amide bonds. The fourth-order valence-electron chi connectivity index (χ4n) is 2.09. The van der Waals surface area contributed by atoms with E-state index < -0.39 is 11.6 Å². The van der Waals surface area contributed by atoms with Gasteiger partial charge in [0, 0.05) is 12.2 Å². The lowest BCUT2D eigenvalue weighted by atomic mass is 10.1. The zero-order valence-electron chi connectivity index (χ0n) is 12.8. The molecule has 0 bridgehead atoms. The number of benzene rings is 2. The van der Waals surface area contributed by atoms with Crippen molar-refractivity contribution in [1.29, 1.82) is 0 Å². The number of rotatable bonds is 3. The third-order valence-electron chi connectivity index (χ3n) is 3.53. The van der Waals surface area contributed by atoms with Crippen molar-refractivity contribution >= 4 is 23.0 Å². The summed E-state index contributed by atoms with van der Waals surface area (Å²) >= 11 is 5.24. The van der Waals surface area contributed by atoms with Gasteiger partial charge in [0.15, 0.2) is 16.7 Å². The van der Waals surface area contributed by atoms with Gasteiger partial charge in [-0.15, -0.1) is 0 Å². The summed E-state index contributed by atoms with van der Waals surface area (Å²) in [5.74, 6) is -1.71. The maximum absolute atomic E-state index is 13.1. The molecule has 0 saturated heterocycles. The molecule has 0 radical (unpaired) electrons. The first-order chi connectivity index (χ1) is 10.4. The Morgan fingerprint density at radius 1 is 0.955 bits per heavy atom. The van der Waals surface area contributed by atoms with Gasteiger partial charge in [-0.3, -0.25) is 0 Å². The molecule has 0 aliphatic heterocycles. The molecule has 2 N–H and O–H groups in total. The van der Waals surface area contributed by atoms with Gasteiger partial charge in [0.05, 0.1) is 0 Å². The van der Waals surface area contributed by atoms with E-state index in [0.29, 0.717) is 17.2 Å². The lowest BCUT2D eigenvalue weighted by Crippen LogP contribution is -2.28. The van der Waals surface area contributed by atoms with Gasteiger partial charge in [-0.1, -0.05) is 12.1 Å². The zero-order valence-corrected chi connectivity index (χ0v) is 13.6. The normalized spacial score (nSPS) is 10.4. The second kappa shape index (κ2) is 6.83. The Hall–Kier alpha value is -2.01. The van der Waals surface area contributed by atoms with Gasteiger partial charge >= 0.3 is 0 Å². The monoisotopic (exact) mass is 320 g/mol. The van der Waals surface area contributed by atoms with Crippen molar-refractivity contribution in [2.45, 2.75) is 27.3 Å². The lowest BCUT2D eigenvalue weighted by molar-refractivity contribution is 0.507. The Bertz CT molecular complexity index is 714. The molecule has 0 fully saturated rings. The molecule has 2 aromatic carbocycles. The zero-order chi connectivity index (χ0) is 16.3. The van der Waals surface area contributed by atoms with E-state index in [1.54, 1.807) is 0 Å². The Labute approximate surface area is 134 Å². The SMILES string of the molecule is Cc1cc(C)c(NC(=S)NCc2ccc(F)c(F)c2)cc1C. The molecule has 22 heavy (non-hydrogen) atoms. The van der Waals surface area contributed by atoms with E-state index in [2.05, 4.69) is 23.6 Å². The van der Waals surface area contributed by atoms with E-state index in [0.717, 1.165) is 23.4 Å². The molecule has 0 aromatic heterocycles. The van der Waals surface area contributed by atoms with Crippen molar-refractivity contribution in [3.05, 3.63) is 64.2 Å². The topological polar surface area (TPSA) is 24.1 Å². The average Bonchev–Trinajstić information content (AvgIpc) is 2.46. The Morgan fingerprint density at radius 3 is 2.32 bits per heavy atom. The molecule has 0 saturated carbocycles. The van der Waals surface area contributed by atoms with Gasteiger partial charge in [0.1, 0.15) is 0 Å². The van der Waals surface area contributed by atoms with E-state index in [9.17, 15) is 8.78 Å². The fourth-order valence-corrected chi connectivity index (χ4v) is 2.28. The second-order valence-electron chi connectivity index (χ2n) is 5.31. The fraction of sp³-hybridized carbons (Fsp3) is 0.235. The van der Waals surface area contributed by atoms with Gasteiger partial charge in [-0.25, -0.2) is 8.78 Å². The quantitative estimate of drug-likeness (QED) is 0.821. The number of anilines is 1. The van der Waals surface area contributed by atoms with Crippen molar-refractivity contribution < 1.29 is 8.78 Å². The second-order valence-corrected chi connectivity index (χ2v) is 5.72. The lowest BCUT2D eigenvalue weighted by Gasteiger charge is -2.14. The number of halogens is 2. The Kier molecular flexibility index (Phi) is 5.08. The highest BCUT2D eigenvalue weighted by molar-refractivity contribution is 7.80. The van der Waals surface area contributed by atoms with Gasteiger partial charge < -0.3 is 10.6 Å². The third kappa shape index (κ3) is 4.01. The molecular formula is C17H18F2N2S. The summed E-state index contributed by atoms with van der Waals surface area (Å²) in [7, 11) is 0. The van der Waals surface area contributed by atoms with Crippen LogP contribution in [-0.4, -0.2) is 5.11 Å². The summed E-state index contributed by atoms with van der Waals surface area (Å²) in [5.41, 5.74) is 5.06. The van der Waals surface area contributed by atoms with Crippen LogP contribution >= 0.6 is 12.2 Å². The molecule has 2 nitrogen and oxygen atoms in total. The maximum Gasteiger partial charge on any atom is 0.171 e. The summed E-state index contributed by atoms with van der Waals surface area (Å²) in [6.07, 6.45) is 0. The van der Waals surface area contributed by atoms with Crippen molar-refractivity contribution in [3.8, 4) is 0 Å². The van der Waals surface area contributed by atoms with Crippen molar-refractivity contribution in [1.82, 2.24) is 5.32 Å². The maximum atomic E-state index is 13.1. The summed E-state index contributed by atoms with van der Waals surface area (Å²) in [6.45, 7) is 6.43. The van der Waals surface area contributed by atoms with Crippen LogP contribution in [0.25, 0.3) is 0 Å². The molecule has 116 valence electrons. The molecule has 0 unspecified atom stereocenters. The van der Waals surface area contributed by atoms with Crippen LogP contribution in [0.4, 0.5) is 14.5 Å². The summed E-state index contributed by atoms with van der Waals surface area (Å²) in [5, 5.41) is 6.55. The first-order valence-corrected chi connectivity index (χ1v) is 7.34. The Morgan fingerprint density at radius 2 is 1.64 bits per heavy atom. The number of aryl methyl sites for hydroxylation is 3. The molecule has 0 spiro atoms. The van der Waals surface area contributed by atoms with Gasteiger partial charge in [0.2, 0.25) is 0 Å². The number of hydrogen-bond donors (Lipinski definition) is 2. The molecule has 5 heteroatoms. The average molecular weight is 320 g/mol. The van der Waals surface area contributed by atoms with Crippen LogP contribution in [0.5, 0.6) is 0 Å². The molecule has 0 aliphatic carbocycles. The molecular weight excluding hydrogens is 302 g/mol. The highest BCUT2D eigenvalue weighted by Crippen LogP contribution is 2.20. The highest BCUT2D eigenvalue weighted by Gasteiger charge is 2.05. The van der Waals surface area contributed by atoms with E-state index in [1.165, 1.54) is 17.2 Å². The van der Waals surface area contributed by atoms with E-state index in [-0.39, 0.29) is 0 Å². The van der Waals surface area contributed by atoms with Crippen molar-refractivity contribution in [2.24, 2.45) is 0 Å². The number of thiocarbonyl (C=S) groups is 1. The summed E-state index contributed by atoms with van der Waals surface area (Å²) in [4.78, 5) is 0. The van der Waals surface area contributed by atoms with Crippen molar-refractivity contribution in [3.63, 3.8) is 0 Å². The summed E-state index contributed by atoms with van der Waals surface area (Å²) < 4.78 is 26.0. The van der Waals surface area contributed by atoms with E-state index in [4.69, 9.17) is 12.2 Å². The van der Waals surface area contributed by atoms with Crippen LogP contribution in [0, 0.1) is 32.4 Å². The van der Waals surface area contributed by atoms with Crippen LogP contribution in [-0.2, 0) is 6.54 Å². The predicted octanol–water partition coefficient (Wildman–Crippen LogP) is 4.38. The first kappa shape index (κ1) is 16.4. The minimum Gasteiger partial charge on any atom is -0.358 e. The molecule has 2 rings (SSSR count). The van der Waals surface area contributed by atoms with Gasteiger partial charge in [-0.2, -0.15) is 0 Å². The van der Waals surface area contributed by atoms with Crippen LogP contribution in [0.15, 0.2) is 30.3 Å². The van der Waals surface area contributed by atoms with Crippen LogP contribution in [0.3, 0.4) is 0 Å². The highest BCUT2D eigenvalue weighted by atomic mass is 32.1. The molecule has 0 atom stereocenters. The summed E-state index contributed by atoms with van der Waals surface area (Å²) in [6, 6.07) is 7.92. The number of nitrogens with one attached hydrogen (secondary N) is 2. The first-order valence-electron chi connectivity index (χ1n) is 6.93. The third-order valence-corrected chi connectivity index (χ3v) is 3.77. The van der Waals surface area contributed by atoms with Gasteiger partial charge in [-0.05, 0) is 73.4 Å². The number of hydrogen-bond acceptors (Lipinski definition) is 1. The van der Waals surface area contributed by atoms with Crippen LogP contribution < -0.4 is 10.6 Å². The van der Waals surface area contributed by atoms with Crippen LogP contribution in [0.2, 0.25) is 0 Å². The smallest absolute Gasteiger partial charge is 0.171 e. The van der Waals surface area contributed by atoms with Crippen LogP contribution in [0.1, 0.15) is 22.3 Å². The standard InChI is InChI=1S/C17H18F2N2S/c1-10-6-12(3)16(7-11(10)2)21-17(22)20-9-13-4-5-14(18)15(19)8-13/h4-8H,9H2,1-3H3,(H2,20,21,22). The minimum atomic E-state index is -0.858. The molecule has 2 aromatic rings. The minimum absolute atomic E-state index is 0.326. The molecule has 0 aliphatic rings. The molecule has 0 heterocycles. The predicted molar refractivity (Wildman–Crippen MR) is 90.1 cm³/mol. The van der Waals surface area contributed by atoms with E-state index >= 15 is 0 Å². The van der Waals surface area contributed by atoms with Crippen molar-refractivity contribution in [2.75, 3.05) is 5.32 Å². The van der Waals surface area contributed by atoms with E-state index in [1.807, 2.05) is 19.9 Å². The largest absolute Gasteiger partial charge is 0.358 e. The van der Waals surface area contributed by atoms with Gasteiger partial charge in [0.25, 0.3) is 0 Å².